The molecule has 0 aliphatic carbocycles. The molecule has 9 aromatic rings. The van der Waals surface area contributed by atoms with Crippen molar-refractivity contribution in [3.63, 3.8) is 0 Å². The Balaban J connectivity index is 1.36. The number of furan rings is 1. The minimum absolute atomic E-state index is 0.896. The lowest BCUT2D eigenvalue weighted by Gasteiger charge is -2.42. The average Bonchev–Trinajstić information content (AvgIpc) is 3.59. The molecule has 0 radical (unpaired) electrons. The van der Waals surface area contributed by atoms with Crippen LogP contribution in [0.3, 0.4) is 0 Å². The van der Waals surface area contributed by atoms with Crippen LogP contribution in [0.2, 0.25) is 0 Å². The molecule has 0 atom stereocenters. The summed E-state index contributed by atoms with van der Waals surface area (Å²) in [6, 6.07) is 80.0. The summed E-state index contributed by atoms with van der Waals surface area (Å²) in [5.41, 5.74) is 1.79. The smallest absolute Gasteiger partial charge is 0.135 e. The monoisotopic (exact) mass is 692 g/mol. The maximum absolute atomic E-state index is 6.64. The van der Waals surface area contributed by atoms with E-state index < -0.39 is 20.1 Å². The first-order valence-corrected chi connectivity index (χ1v) is 20.5. The molecular weight excluding hydrogens is 657 g/mol. The Kier molecular flexibility index (Phi) is 8.08. The van der Waals surface area contributed by atoms with E-state index in [1.54, 1.807) is 0 Å². The molecule has 0 aliphatic rings. The van der Waals surface area contributed by atoms with Crippen molar-refractivity contribution in [1.82, 2.24) is 0 Å². The van der Waals surface area contributed by atoms with Gasteiger partial charge in [-0.3, -0.25) is 0 Å². The summed E-state index contributed by atoms with van der Waals surface area (Å²) in [4.78, 5) is 10.4. The van der Waals surface area contributed by atoms with E-state index in [9.17, 15) is 0 Å². The molecule has 0 saturated heterocycles. The van der Waals surface area contributed by atoms with Gasteiger partial charge >= 0.3 is 0 Å². The molecule has 0 saturated carbocycles. The van der Waals surface area contributed by atoms with Gasteiger partial charge in [0, 0.05) is 49.9 Å². The van der Waals surface area contributed by atoms with Crippen LogP contribution in [-0.2, 0) is 0 Å². The van der Waals surface area contributed by atoms with Crippen LogP contribution in [0.25, 0.3) is 21.9 Å². The van der Waals surface area contributed by atoms with Crippen LogP contribution < -0.4 is 0 Å². The van der Waals surface area contributed by atoms with Crippen molar-refractivity contribution in [3.05, 3.63) is 218 Å². The van der Waals surface area contributed by atoms with Crippen LogP contribution >= 0.6 is 20.1 Å². The minimum atomic E-state index is -1.85. The second kappa shape index (κ2) is 13.2. The number of benzene rings is 8. The highest BCUT2D eigenvalue weighted by Crippen LogP contribution is 2.75. The fourth-order valence-electron chi connectivity index (χ4n) is 7.50. The lowest BCUT2D eigenvalue weighted by molar-refractivity contribution is 0.668. The Hall–Kier alpha value is -5.74. The third kappa shape index (κ3) is 5.12. The standard InChI is InChI=1S/C48H36OS2/c1-7-19-37(20-8-1)50(38-21-9-2-10-22-38,39-23-11-3-12-24-39)43-31-33-47-45(35-43)46-36-44(32-34-48(46)49-47)51(40-25-13-4-14-26-40,41-27-15-5-16-28-41)42-29-17-6-18-30-42/h1-36H. The molecule has 0 bridgehead atoms. The lowest BCUT2D eigenvalue weighted by Crippen LogP contribution is -2.05. The molecule has 0 spiro atoms. The highest BCUT2D eigenvalue weighted by Gasteiger charge is 2.35. The Morgan fingerprint density at radius 1 is 0.235 bits per heavy atom. The molecule has 0 N–H and O–H groups in total. The Bertz CT molecular complexity index is 2180. The Labute approximate surface area is 302 Å². The molecule has 1 heterocycles. The van der Waals surface area contributed by atoms with Crippen molar-refractivity contribution in [2.45, 2.75) is 39.2 Å². The molecule has 0 aliphatic heterocycles. The molecule has 51 heavy (non-hydrogen) atoms. The van der Waals surface area contributed by atoms with E-state index in [2.05, 4.69) is 218 Å². The topological polar surface area (TPSA) is 13.1 Å². The summed E-state index contributed by atoms with van der Waals surface area (Å²) >= 11 is 0. The van der Waals surface area contributed by atoms with E-state index in [4.69, 9.17) is 4.42 Å². The largest absolute Gasteiger partial charge is 0.456 e. The SMILES string of the molecule is c1ccc(S(c2ccccc2)(c2ccccc2)c2ccc3oc4ccc(S(c5ccccc5)(c5ccccc5)c5ccccc5)cc4c3c2)cc1. The molecule has 8 aromatic carbocycles. The summed E-state index contributed by atoms with van der Waals surface area (Å²) in [5, 5.41) is 2.26. The Morgan fingerprint density at radius 3 is 0.706 bits per heavy atom. The van der Waals surface area contributed by atoms with E-state index in [1.807, 2.05) is 0 Å². The van der Waals surface area contributed by atoms with E-state index >= 15 is 0 Å². The van der Waals surface area contributed by atoms with Gasteiger partial charge in [-0.1, -0.05) is 109 Å². The molecule has 0 unspecified atom stereocenters. The van der Waals surface area contributed by atoms with Gasteiger partial charge in [0.1, 0.15) is 11.2 Å². The first-order chi connectivity index (χ1) is 25.3. The van der Waals surface area contributed by atoms with Crippen LogP contribution in [0.5, 0.6) is 0 Å². The van der Waals surface area contributed by atoms with Crippen LogP contribution in [0.1, 0.15) is 0 Å². The van der Waals surface area contributed by atoms with Crippen molar-refractivity contribution >= 4 is 42.0 Å². The van der Waals surface area contributed by atoms with Crippen molar-refractivity contribution in [2.24, 2.45) is 0 Å². The fourth-order valence-corrected chi connectivity index (χ4v) is 15.3. The summed E-state index contributed by atoms with van der Waals surface area (Å²) < 4.78 is 6.64. The van der Waals surface area contributed by atoms with Gasteiger partial charge in [0.25, 0.3) is 0 Å². The van der Waals surface area contributed by atoms with Gasteiger partial charge < -0.3 is 4.42 Å². The van der Waals surface area contributed by atoms with E-state index in [0.717, 1.165) is 21.9 Å². The molecule has 0 amide bonds. The third-order valence-corrected chi connectivity index (χ3v) is 17.5. The zero-order chi connectivity index (χ0) is 34.1. The van der Waals surface area contributed by atoms with Crippen molar-refractivity contribution < 1.29 is 4.42 Å². The molecule has 9 rings (SSSR count). The average molecular weight is 693 g/mol. The molecule has 0 fully saturated rings. The van der Waals surface area contributed by atoms with Gasteiger partial charge in [0.05, 0.1) is 0 Å². The zero-order valence-corrected chi connectivity index (χ0v) is 29.6. The quantitative estimate of drug-likeness (QED) is 0.154. The van der Waals surface area contributed by atoms with Crippen molar-refractivity contribution in [1.29, 1.82) is 0 Å². The molecule has 1 aromatic heterocycles. The van der Waals surface area contributed by atoms with E-state index in [1.165, 1.54) is 39.2 Å². The van der Waals surface area contributed by atoms with Gasteiger partial charge in [-0.15, -0.1) is 20.1 Å². The van der Waals surface area contributed by atoms with Gasteiger partial charge in [-0.05, 0) is 109 Å². The van der Waals surface area contributed by atoms with Gasteiger partial charge in [0.2, 0.25) is 0 Å². The first kappa shape index (κ1) is 31.3. The summed E-state index contributed by atoms with van der Waals surface area (Å²) in [6.45, 7) is 0. The second-order valence-electron chi connectivity index (χ2n) is 12.5. The van der Waals surface area contributed by atoms with Crippen LogP contribution in [0.4, 0.5) is 0 Å². The maximum atomic E-state index is 6.64. The predicted molar refractivity (Wildman–Crippen MR) is 214 cm³/mol. The number of fused-ring (bicyclic) bond motifs is 3. The fraction of sp³-hybridized carbons (Fsp3) is 0. The number of rotatable bonds is 8. The molecular formula is C48H36OS2. The Morgan fingerprint density at radius 2 is 0.471 bits per heavy atom. The first-order valence-electron chi connectivity index (χ1n) is 17.2. The minimum Gasteiger partial charge on any atom is -0.456 e. The van der Waals surface area contributed by atoms with E-state index in [0.29, 0.717) is 0 Å². The lowest BCUT2D eigenvalue weighted by atomic mass is 10.1. The molecule has 246 valence electrons. The summed E-state index contributed by atoms with van der Waals surface area (Å²) in [6.07, 6.45) is 0. The summed E-state index contributed by atoms with van der Waals surface area (Å²) in [7, 11) is -3.71. The van der Waals surface area contributed by atoms with Gasteiger partial charge in [-0.25, -0.2) is 0 Å². The van der Waals surface area contributed by atoms with Crippen molar-refractivity contribution in [2.75, 3.05) is 0 Å². The zero-order valence-electron chi connectivity index (χ0n) is 28.0. The number of hydrogen-bond acceptors (Lipinski definition) is 1. The van der Waals surface area contributed by atoms with Crippen LogP contribution in [0.15, 0.2) is 262 Å². The van der Waals surface area contributed by atoms with Crippen molar-refractivity contribution in [3.8, 4) is 0 Å². The highest BCUT2D eigenvalue weighted by molar-refractivity contribution is 8.34. The maximum Gasteiger partial charge on any atom is 0.135 e. The number of hydrogen-bond donors (Lipinski definition) is 0. The third-order valence-electron chi connectivity index (χ3n) is 9.70. The van der Waals surface area contributed by atoms with Crippen LogP contribution in [-0.4, -0.2) is 0 Å². The predicted octanol–water partition coefficient (Wildman–Crippen LogP) is 14.3. The van der Waals surface area contributed by atoms with Gasteiger partial charge in [0.15, 0.2) is 0 Å². The molecule has 1 nitrogen and oxygen atoms in total. The van der Waals surface area contributed by atoms with Gasteiger partial charge in [-0.2, -0.15) is 0 Å². The normalized spacial score (nSPS) is 12.5. The van der Waals surface area contributed by atoms with Crippen LogP contribution in [0, 0.1) is 0 Å². The highest BCUT2D eigenvalue weighted by atomic mass is 32.3. The summed E-state index contributed by atoms with van der Waals surface area (Å²) in [5.74, 6) is 0. The second-order valence-corrected chi connectivity index (χ2v) is 18.7. The molecule has 3 heteroatoms. The van der Waals surface area contributed by atoms with E-state index in [-0.39, 0.29) is 0 Å².